The molecule has 3 saturated carbocycles. The molecule has 8 heteroatoms. The zero-order valence-corrected chi connectivity index (χ0v) is 30.0. The highest BCUT2D eigenvalue weighted by Crippen LogP contribution is 2.67. The van der Waals surface area contributed by atoms with Gasteiger partial charge in [-0.1, -0.05) is 56.7 Å². The number of carbonyl (C=O) groups excluding carboxylic acids is 2. The zero-order valence-electron chi connectivity index (χ0n) is 30.0. The van der Waals surface area contributed by atoms with E-state index in [2.05, 4.69) is 32.3 Å². The number of fused-ring (bicyclic) bond motifs is 10. The van der Waals surface area contributed by atoms with Crippen molar-refractivity contribution >= 4 is 22.5 Å². The molecule has 8 atom stereocenters. The molecule has 2 N–H and O–H groups in total. The Morgan fingerprint density at radius 2 is 1.78 bits per heavy atom. The molecular weight excluding hydrogens is 628 g/mol. The largest absolute Gasteiger partial charge is 0.493 e. The van der Waals surface area contributed by atoms with Crippen LogP contribution in [0.25, 0.3) is 22.0 Å². The number of pyridine rings is 1. The first-order chi connectivity index (χ1) is 24.0. The Hall–Kier alpha value is -3.91. The number of amides is 1. The van der Waals surface area contributed by atoms with Crippen LogP contribution < -0.4 is 20.5 Å². The number of aliphatic hydroxyl groups is 1. The van der Waals surface area contributed by atoms with Crippen molar-refractivity contribution in [2.24, 2.45) is 40.4 Å². The van der Waals surface area contributed by atoms with Crippen molar-refractivity contribution in [2.75, 3.05) is 19.6 Å². The van der Waals surface area contributed by atoms with Gasteiger partial charge < -0.3 is 14.6 Å². The van der Waals surface area contributed by atoms with Crippen molar-refractivity contribution in [1.82, 2.24) is 4.68 Å². The highest BCUT2D eigenvalue weighted by atomic mass is 16.5. The van der Waals surface area contributed by atoms with Crippen LogP contribution in [0.4, 0.5) is 0 Å². The summed E-state index contributed by atoms with van der Waals surface area (Å²) >= 11 is 0. The number of nitrogens with one attached hydrogen (secondary N) is 1. The summed E-state index contributed by atoms with van der Waals surface area (Å²) in [4.78, 5) is 41.8. The van der Waals surface area contributed by atoms with Gasteiger partial charge in [0.15, 0.2) is 17.3 Å². The Morgan fingerprint density at radius 1 is 1.00 bits per heavy atom. The predicted molar refractivity (Wildman–Crippen MR) is 194 cm³/mol. The smallest absolute Gasteiger partial charge is 0.281 e. The summed E-state index contributed by atoms with van der Waals surface area (Å²) in [5, 5.41) is 11.1. The molecule has 0 saturated heterocycles. The van der Waals surface area contributed by atoms with E-state index >= 15 is 0 Å². The van der Waals surface area contributed by atoms with E-state index in [1.54, 1.807) is 24.3 Å². The van der Waals surface area contributed by atoms with E-state index in [9.17, 15) is 19.5 Å². The average Bonchev–Trinajstić information content (AvgIpc) is 3.62. The predicted octanol–water partition coefficient (Wildman–Crippen LogP) is 7.66. The third kappa shape index (κ3) is 4.76. The molecule has 264 valence electrons. The molecule has 2 aromatic carbocycles. The lowest BCUT2D eigenvalue weighted by Crippen LogP contribution is -2.50. The maximum absolute atomic E-state index is 14.3. The number of ketones is 1. The van der Waals surface area contributed by atoms with Crippen molar-refractivity contribution < 1.29 is 24.2 Å². The minimum absolute atomic E-state index is 0.181. The zero-order chi connectivity index (χ0) is 35.1. The van der Waals surface area contributed by atoms with Crippen LogP contribution in [-0.2, 0) is 4.79 Å². The monoisotopic (exact) mass is 678 g/mol. The van der Waals surface area contributed by atoms with Crippen molar-refractivity contribution in [2.45, 2.75) is 91.1 Å². The first-order valence-corrected chi connectivity index (χ1v) is 18.7. The van der Waals surface area contributed by atoms with E-state index in [0.717, 1.165) is 32.1 Å². The van der Waals surface area contributed by atoms with E-state index in [-0.39, 0.29) is 46.2 Å². The van der Waals surface area contributed by atoms with Crippen LogP contribution >= 0.6 is 0 Å². The molecule has 3 fully saturated rings. The molecule has 5 aliphatic rings. The number of nitrogens with zero attached hydrogens (tertiary/aromatic N) is 1. The van der Waals surface area contributed by atoms with Crippen LogP contribution in [0.2, 0.25) is 0 Å². The average molecular weight is 679 g/mol. The van der Waals surface area contributed by atoms with Gasteiger partial charge in [0.05, 0.1) is 37.0 Å². The van der Waals surface area contributed by atoms with Crippen LogP contribution in [-0.4, -0.2) is 41.8 Å². The maximum Gasteiger partial charge on any atom is 0.281 e. The number of hydrogen-bond donors (Lipinski definition) is 2. The molecule has 8 nitrogen and oxygen atoms in total. The minimum atomic E-state index is -0.464. The number of ether oxygens (including phenoxy) is 2. The molecule has 0 radical (unpaired) electrons. The van der Waals surface area contributed by atoms with Crippen molar-refractivity contribution in [3.63, 3.8) is 0 Å². The van der Waals surface area contributed by atoms with E-state index in [1.165, 1.54) is 50.2 Å². The normalized spacial score (nSPS) is 31.5. The molecule has 1 amide bonds. The molecule has 8 unspecified atom stereocenters. The molecule has 0 spiro atoms. The number of methoxy groups -OCH3 is 2. The first-order valence-electron chi connectivity index (χ1n) is 18.7. The number of aromatic nitrogens is 1. The summed E-state index contributed by atoms with van der Waals surface area (Å²) < 4.78 is 12.4. The van der Waals surface area contributed by atoms with E-state index < -0.39 is 5.56 Å². The fraction of sp³-hybridized carbons (Fsp3) is 0.548. The van der Waals surface area contributed by atoms with Crippen molar-refractivity contribution in [1.29, 1.82) is 0 Å². The Morgan fingerprint density at radius 3 is 2.54 bits per heavy atom. The molecule has 5 aliphatic carbocycles. The van der Waals surface area contributed by atoms with Gasteiger partial charge in [0, 0.05) is 22.9 Å². The third-order valence-corrected chi connectivity index (χ3v) is 14.2. The van der Waals surface area contributed by atoms with Crippen LogP contribution in [0.5, 0.6) is 11.5 Å². The standard InChI is InChI=1S/C42H50N2O6/c1-23(30-14-15-31-28-12-11-24-22-25(45)18-20-41(24,2)32(28)19-21-42(30,31)3)10-17-34(46)43-44-37-26-8-6-7-9-27(26)38(47)35(37)29-13-16-33(49-4)39(50-5)36(29)40(44)48/h6-9,11,13,16,23,25,28,30-32,45H,10,12,14-15,17-22H2,1-5H3,(H,43,46). The van der Waals surface area contributed by atoms with Crippen LogP contribution in [0.15, 0.2) is 52.8 Å². The van der Waals surface area contributed by atoms with Crippen LogP contribution in [0.1, 0.15) is 101 Å². The van der Waals surface area contributed by atoms with E-state index in [1.807, 2.05) is 12.1 Å². The van der Waals surface area contributed by atoms with Gasteiger partial charge in [0.25, 0.3) is 5.56 Å². The van der Waals surface area contributed by atoms with E-state index in [0.29, 0.717) is 63.1 Å². The fourth-order valence-corrected chi connectivity index (χ4v) is 11.8. The number of aliphatic hydroxyl groups excluding tert-OH is 1. The van der Waals surface area contributed by atoms with Gasteiger partial charge in [-0.15, -0.1) is 0 Å². The Labute approximate surface area is 294 Å². The Kier molecular flexibility index (Phi) is 8.05. The van der Waals surface area contributed by atoms with Gasteiger partial charge in [-0.25, -0.2) is 4.68 Å². The van der Waals surface area contributed by atoms with Gasteiger partial charge in [0.1, 0.15) is 0 Å². The molecule has 8 rings (SSSR count). The Balaban J connectivity index is 1.04. The minimum Gasteiger partial charge on any atom is -0.493 e. The van der Waals surface area contributed by atoms with Gasteiger partial charge in [-0.2, -0.15) is 0 Å². The fourth-order valence-electron chi connectivity index (χ4n) is 11.8. The van der Waals surface area contributed by atoms with Crippen molar-refractivity contribution in [3.05, 3.63) is 69.5 Å². The molecule has 0 bridgehead atoms. The second kappa shape index (κ2) is 12.1. The third-order valence-electron chi connectivity index (χ3n) is 14.2. The summed E-state index contributed by atoms with van der Waals surface area (Å²) in [5.41, 5.74) is 6.36. The number of hydrogen-bond acceptors (Lipinski definition) is 6. The van der Waals surface area contributed by atoms with Crippen LogP contribution in [0, 0.1) is 40.4 Å². The molecule has 0 aliphatic heterocycles. The number of benzene rings is 2. The van der Waals surface area contributed by atoms with Gasteiger partial charge in [0.2, 0.25) is 5.91 Å². The summed E-state index contributed by atoms with van der Waals surface area (Å²) in [5.74, 6) is 3.15. The molecular formula is C42H50N2O6. The number of carbonyl (C=O) groups is 2. The summed E-state index contributed by atoms with van der Waals surface area (Å²) in [6.07, 6.45) is 12.2. The second-order valence-electron chi connectivity index (χ2n) is 16.4. The molecule has 1 aromatic heterocycles. The van der Waals surface area contributed by atoms with Gasteiger partial charge >= 0.3 is 0 Å². The topological polar surface area (TPSA) is 107 Å². The van der Waals surface area contributed by atoms with Gasteiger partial charge in [-0.05, 0) is 110 Å². The van der Waals surface area contributed by atoms with Crippen LogP contribution in [0.3, 0.4) is 0 Å². The summed E-state index contributed by atoms with van der Waals surface area (Å²) in [6.45, 7) is 7.32. The first kappa shape index (κ1) is 33.2. The molecule has 1 heterocycles. The lowest BCUT2D eigenvalue weighted by atomic mass is 9.47. The summed E-state index contributed by atoms with van der Waals surface area (Å²) in [7, 11) is 2.97. The number of allylic oxidation sites excluding steroid dienone is 1. The lowest BCUT2D eigenvalue weighted by Gasteiger charge is -2.58. The Bertz CT molecular complexity index is 2000. The second-order valence-corrected chi connectivity index (χ2v) is 16.4. The maximum atomic E-state index is 14.3. The summed E-state index contributed by atoms with van der Waals surface area (Å²) in [6, 6.07) is 10.6. The number of rotatable bonds is 7. The van der Waals surface area contributed by atoms with E-state index in [4.69, 9.17) is 9.47 Å². The van der Waals surface area contributed by atoms with Crippen molar-refractivity contribution in [3.8, 4) is 22.8 Å². The highest BCUT2D eigenvalue weighted by molar-refractivity contribution is 6.27. The quantitative estimate of drug-likeness (QED) is 0.195. The molecule has 50 heavy (non-hydrogen) atoms. The highest BCUT2D eigenvalue weighted by Gasteiger charge is 2.59. The SMILES string of the molecule is COc1ccc2c3c(n(NC(=O)CCC(C)C4CCC5C6CC=C7CC(O)CCC7(C)C6CCC45C)c(=O)c2c1OC)-c1ccccc1C3=O. The molecule has 3 aromatic rings. The lowest BCUT2D eigenvalue weighted by molar-refractivity contribution is -0.117. The van der Waals surface area contributed by atoms with Gasteiger partial charge in [-0.3, -0.25) is 19.8 Å².